The van der Waals surface area contributed by atoms with Crippen LogP contribution in [0.3, 0.4) is 0 Å². The first-order chi connectivity index (χ1) is 10.1. The average molecular weight is 338 g/mol. The number of nitrogens with zero attached hydrogens (tertiary/aromatic N) is 2. The van der Waals surface area contributed by atoms with E-state index in [1.54, 1.807) is 8.24 Å². The molecule has 0 aliphatic rings. The van der Waals surface area contributed by atoms with E-state index in [1.165, 1.54) is 11.1 Å². The van der Waals surface area contributed by atoms with Gasteiger partial charge in [0.05, 0.1) is 0 Å². The maximum absolute atomic E-state index is 2.32. The Morgan fingerprint density at radius 3 is 1.43 bits per heavy atom. The summed E-state index contributed by atoms with van der Waals surface area (Å²) in [5.41, 5.74) is 2.98. The Morgan fingerprint density at radius 1 is 0.667 bits per heavy atom. The summed E-state index contributed by atoms with van der Waals surface area (Å²) in [5.74, 6) is 0. The second kappa shape index (κ2) is 7.85. The third-order valence-corrected chi connectivity index (χ3v) is 7.06. The molecule has 2 aromatic rings. The zero-order valence-corrected chi connectivity index (χ0v) is 15.9. The van der Waals surface area contributed by atoms with E-state index in [0.29, 0.717) is 0 Å². The van der Waals surface area contributed by atoms with Gasteiger partial charge < -0.3 is 0 Å². The quantitative estimate of drug-likeness (QED) is 0.736. The molecule has 0 aromatic heterocycles. The third kappa shape index (κ3) is 5.04. The van der Waals surface area contributed by atoms with Gasteiger partial charge in [0.2, 0.25) is 0 Å². The Morgan fingerprint density at radius 2 is 1.05 bits per heavy atom. The molecule has 21 heavy (non-hydrogen) atoms. The van der Waals surface area contributed by atoms with Crippen LogP contribution in [0.25, 0.3) is 0 Å². The summed E-state index contributed by atoms with van der Waals surface area (Å²) in [4.78, 5) is 4.50. The Kier molecular flexibility index (Phi) is 6.12. The molecular weight excluding hydrogens is 314 g/mol. The van der Waals surface area contributed by atoms with Gasteiger partial charge in [0.1, 0.15) is 0 Å². The molecule has 2 rings (SSSR count). The van der Waals surface area contributed by atoms with Crippen molar-refractivity contribution in [1.29, 1.82) is 0 Å². The van der Waals surface area contributed by atoms with Gasteiger partial charge in [0.25, 0.3) is 0 Å². The van der Waals surface area contributed by atoms with E-state index in [2.05, 4.69) is 86.5 Å². The van der Waals surface area contributed by atoms with Gasteiger partial charge in [-0.1, -0.05) is 0 Å². The summed E-state index contributed by atoms with van der Waals surface area (Å²) in [6.45, 7) is 2.06. The second-order valence-corrected chi connectivity index (χ2v) is 9.23. The van der Waals surface area contributed by atoms with Gasteiger partial charge in [-0.2, -0.15) is 0 Å². The van der Waals surface area contributed by atoms with Crippen molar-refractivity contribution in [2.75, 3.05) is 28.2 Å². The fourth-order valence-corrected chi connectivity index (χ4v) is 5.62. The van der Waals surface area contributed by atoms with Gasteiger partial charge in [-0.25, -0.2) is 0 Å². The molecule has 0 aliphatic carbocycles. The maximum atomic E-state index is 2.32. The van der Waals surface area contributed by atoms with Crippen LogP contribution in [0, 0.1) is 0 Å². The van der Waals surface area contributed by atoms with Crippen molar-refractivity contribution < 1.29 is 0 Å². The summed E-state index contributed by atoms with van der Waals surface area (Å²) in [5, 5.41) is 0. The molecular formula is C18H24GaN2. The molecule has 1 radical (unpaired) electrons. The molecule has 0 amide bonds. The topological polar surface area (TPSA) is 6.48 Å². The Balaban J connectivity index is 2.26. The van der Waals surface area contributed by atoms with Crippen molar-refractivity contribution in [3.8, 4) is 0 Å². The Labute approximate surface area is 136 Å². The molecule has 0 unspecified atom stereocenters. The van der Waals surface area contributed by atoms with E-state index in [1.807, 2.05) is 0 Å². The van der Waals surface area contributed by atoms with Gasteiger partial charge in [-0.3, -0.25) is 0 Å². The van der Waals surface area contributed by atoms with Crippen LogP contribution in [0.2, 0.25) is 0 Å². The normalized spacial score (nSPS) is 11.1. The molecule has 0 N–H and O–H groups in total. The van der Waals surface area contributed by atoms with Crippen LogP contribution in [0.15, 0.2) is 48.5 Å². The van der Waals surface area contributed by atoms with Crippen molar-refractivity contribution in [2.45, 2.75) is 13.1 Å². The van der Waals surface area contributed by atoms with E-state index >= 15 is 0 Å². The predicted octanol–water partition coefficient (Wildman–Crippen LogP) is 1.46. The molecule has 2 nitrogen and oxygen atoms in total. The molecule has 0 atom stereocenters. The van der Waals surface area contributed by atoms with E-state index in [4.69, 9.17) is 0 Å². The molecule has 0 bridgehead atoms. The minimum atomic E-state index is -0.611. The number of benzene rings is 2. The van der Waals surface area contributed by atoms with Gasteiger partial charge >= 0.3 is 136 Å². The van der Waals surface area contributed by atoms with Crippen LogP contribution in [0.1, 0.15) is 11.1 Å². The summed E-state index contributed by atoms with van der Waals surface area (Å²) in [6, 6.07) is 17.9. The predicted molar refractivity (Wildman–Crippen MR) is 92.7 cm³/mol. The molecule has 109 valence electrons. The average Bonchev–Trinajstić information content (AvgIpc) is 2.42. The molecule has 0 spiro atoms. The van der Waals surface area contributed by atoms with Gasteiger partial charge in [-0.05, 0) is 0 Å². The molecule has 0 aliphatic heterocycles. The summed E-state index contributed by atoms with van der Waals surface area (Å²) in [6.07, 6.45) is 0. The van der Waals surface area contributed by atoms with E-state index in [-0.39, 0.29) is 0 Å². The van der Waals surface area contributed by atoms with Crippen molar-refractivity contribution in [1.82, 2.24) is 9.80 Å². The van der Waals surface area contributed by atoms with E-state index < -0.39 is 17.4 Å². The van der Waals surface area contributed by atoms with Gasteiger partial charge in [-0.15, -0.1) is 0 Å². The molecule has 0 fully saturated rings. The van der Waals surface area contributed by atoms with Crippen LogP contribution >= 0.6 is 0 Å². The Bertz CT molecular complexity index is 527. The summed E-state index contributed by atoms with van der Waals surface area (Å²) >= 11 is -0.611. The summed E-state index contributed by atoms with van der Waals surface area (Å²) < 4.78 is 3.17. The van der Waals surface area contributed by atoms with Crippen molar-refractivity contribution in [3.63, 3.8) is 0 Å². The van der Waals surface area contributed by atoms with Crippen LogP contribution in [0.5, 0.6) is 0 Å². The van der Waals surface area contributed by atoms with Gasteiger partial charge in [0, 0.05) is 0 Å². The van der Waals surface area contributed by atoms with E-state index in [9.17, 15) is 0 Å². The fourth-order valence-electron chi connectivity index (χ4n) is 2.49. The first-order valence-electron chi connectivity index (χ1n) is 7.36. The first kappa shape index (κ1) is 16.4. The first-order valence-corrected chi connectivity index (χ1v) is 9.78. The summed E-state index contributed by atoms with van der Waals surface area (Å²) in [7, 11) is 8.56. The van der Waals surface area contributed by atoms with Crippen molar-refractivity contribution in [3.05, 3.63) is 59.7 Å². The molecule has 0 heterocycles. The standard InChI is InChI=1S/2C9H12N.Ga/c2*1-10(2)8-9-6-4-3-5-7-9;/h2*3-6H,8H2,1-2H3;. The van der Waals surface area contributed by atoms with Crippen LogP contribution in [-0.4, -0.2) is 55.4 Å². The zero-order valence-electron chi connectivity index (χ0n) is 13.5. The fraction of sp³-hybridized carbons (Fsp3) is 0.333. The molecule has 3 heteroatoms. The SMILES string of the molecule is CN(C)Cc1cccc[c]1[Ga][c]1ccccc1CN(C)C. The Hall–Kier alpha value is -1.00. The monoisotopic (exact) mass is 337 g/mol. The molecule has 0 saturated carbocycles. The third-order valence-electron chi connectivity index (χ3n) is 3.39. The van der Waals surface area contributed by atoms with Crippen molar-refractivity contribution >= 4 is 25.6 Å². The van der Waals surface area contributed by atoms with Crippen LogP contribution in [-0.2, 0) is 13.1 Å². The second-order valence-electron chi connectivity index (χ2n) is 6.02. The molecule has 0 saturated heterocycles. The van der Waals surface area contributed by atoms with E-state index in [0.717, 1.165) is 13.1 Å². The molecule has 2 aromatic carbocycles. The number of hydrogen-bond acceptors (Lipinski definition) is 2. The van der Waals surface area contributed by atoms with Crippen LogP contribution < -0.4 is 8.24 Å². The van der Waals surface area contributed by atoms with Crippen molar-refractivity contribution in [2.24, 2.45) is 0 Å². The number of hydrogen-bond donors (Lipinski definition) is 0. The number of rotatable bonds is 6. The van der Waals surface area contributed by atoms with Crippen LogP contribution in [0.4, 0.5) is 0 Å². The zero-order chi connectivity index (χ0) is 15.2. The van der Waals surface area contributed by atoms with Gasteiger partial charge in [0.15, 0.2) is 0 Å². The minimum absolute atomic E-state index is 0.611.